The summed E-state index contributed by atoms with van der Waals surface area (Å²) in [4.78, 5) is 38.7. The van der Waals surface area contributed by atoms with Crippen molar-refractivity contribution in [3.63, 3.8) is 0 Å². The average Bonchev–Trinajstić information content (AvgIpc) is 3.16. The monoisotopic (exact) mass is 418 g/mol. The number of aliphatic hydroxyl groups is 1. The fourth-order valence-electron chi connectivity index (χ4n) is 6.56. The molecule has 2 saturated carbocycles. The van der Waals surface area contributed by atoms with Crippen LogP contribution >= 0.6 is 0 Å². The van der Waals surface area contributed by atoms with Crippen molar-refractivity contribution in [3.05, 3.63) is 24.2 Å². The Bertz CT molecular complexity index is 887. The molecule has 1 N–H and O–H groups in total. The van der Waals surface area contributed by atoms with Gasteiger partial charge in [-0.1, -0.05) is 6.92 Å². The van der Waals surface area contributed by atoms with Crippen LogP contribution in [-0.2, 0) is 28.6 Å². The number of epoxide rings is 1. The molecule has 2 saturated heterocycles. The van der Waals surface area contributed by atoms with Gasteiger partial charge in [-0.15, -0.1) is 0 Å². The fraction of sp³-hybridized carbons (Fsp3) is 0.682. The van der Waals surface area contributed by atoms with Crippen LogP contribution in [-0.4, -0.2) is 47.7 Å². The molecule has 2 spiro atoms. The first-order valence-electron chi connectivity index (χ1n) is 10.5. The molecular formula is C22H26O8. The molecule has 2 aliphatic carbocycles. The lowest BCUT2D eigenvalue weighted by molar-refractivity contribution is -0.200. The van der Waals surface area contributed by atoms with Gasteiger partial charge in [0.25, 0.3) is 0 Å². The van der Waals surface area contributed by atoms with Crippen LogP contribution in [0.3, 0.4) is 0 Å². The molecule has 0 unspecified atom stereocenters. The molecule has 5 rings (SSSR count). The number of ether oxygens (including phenoxy) is 3. The van der Waals surface area contributed by atoms with Crippen LogP contribution in [0.25, 0.3) is 0 Å². The number of cyclic esters (lactones) is 1. The van der Waals surface area contributed by atoms with E-state index in [0.717, 1.165) is 5.56 Å². The smallest absolute Gasteiger partial charge is 0.313 e. The predicted octanol–water partition coefficient (Wildman–Crippen LogP) is 1.95. The number of esters is 2. The van der Waals surface area contributed by atoms with Crippen LogP contribution in [0.1, 0.15) is 51.2 Å². The average molecular weight is 418 g/mol. The first kappa shape index (κ1) is 19.8. The summed E-state index contributed by atoms with van der Waals surface area (Å²) in [5.41, 5.74) is -2.51. The third kappa shape index (κ3) is 2.32. The van der Waals surface area contributed by atoms with Crippen LogP contribution in [0, 0.1) is 22.7 Å². The van der Waals surface area contributed by atoms with E-state index in [4.69, 9.17) is 18.6 Å². The third-order valence-corrected chi connectivity index (χ3v) is 8.13. The quantitative estimate of drug-likeness (QED) is 0.585. The standard InChI is InChI=1S/C22H26O8/c1-12-7-18(25)21(10-28-13(2)23)16(3-4-17(24)22(21)11-29-22)20(12)8-15(30-19(20)26)14-5-6-27-9-14/h5-6,9,12,15-17,24H,3-4,7-8,10-11H2,1-2H3/t12-,15-,16+,17-,20-,21+,22-/m0/s1. The van der Waals surface area contributed by atoms with Crippen molar-refractivity contribution in [2.75, 3.05) is 13.2 Å². The lowest BCUT2D eigenvalue weighted by Gasteiger charge is -2.58. The maximum Gasteiger partial charge on any atom is 0.313 e. The maximum absolute atomic E-state index is 13.6. The first-order valence-corrected chi connectivity index (χ1v) is 10.5. The number of furan rings is 1. The van der Waals surface area contributed by atoms with Gasteiger partial charge >= 0.3 is 11.9 Å². The number of ketones is 1. The summed E-state index contributed by atoms with van der Waals surface area (Å²) in [6, 6.07) is 1.78. The highest BCUT2D eigenvalue weighted by Gasteiger charge is 2.80. The highest BCUT2D eigenvalue weighted by molar-refractivity contribution is 5.93. The van der Waals surface area contributed by atoms with Gasteiger partial charge in [0.05, 0.1) is 30.7 Å². The summed E-state index contributed by atoms with van der Waals surface area (Å²) < 4.78 is 22.2. The van der Waals surface area contributed by atoms with Crippen molar-refractivity contribution in [3.8, 4) is 0 Å². The number of carbonyl (C=O) groups is 3. The Morgan fingerprint density at radius 2 is 2.10 bits per heavy atom. The van der Waals surface area contributed by atoms with Crippen molar-refractivity contribution in [1.29, 1.82) is 0 Å². The van der Waals surface area contributed by atoms with Crippen LogP contribution in [0.15, 0.2) is 23.0 Å². The molecule has 4 fully saturated rings. The van der Waals surface area contributed by atoms with Gasteiger partial charge in [-0.3, -0.25) is 14.4 Å². The lowest BCUT2D eigenvalue weighted by atomic mass is 9.43. The molecule has 8 heteroatoms. The van der Waals surface area contributed by atoms with E-state index in [9.17, 15) is 19.5 Å². The third-order valence-electron chi connectivity index (χ3n) is 8.13. The Hall–Kier alpha value is -2.19. The summed E-state index contributed by atoms with van der Waals surface area (Å²) in [5, 5.41) is 10.8. The number of aliphatic hydroxyl groups excluding tert-OH is 1. The number of carbonyl (C=O) groups excluding carboxylic acids is 3. The SMILES string of the molecule is CC(=O)OC[C@]12C(=O)C[C@H](C)[C@@]3(C[C@@H](c4ccoc4)OC3=O)[C@H]1CC[C@H](O)[C@@]21CO1. The van der Waals surface area contributed by atoms with Gasteiger partial charge in [0.15, 0.2) is 0 Å². The number of hydrogen-bond donors (Lipinski definition) is 1. The number of Topliss-reactive ketones (excluding diaryl/α,β-unsaturated/α-hetero) is 1. The van der Waals surface area contributed by atoms with E-state index in [1.165, 1.54) is 13.2 Å². The van der Waals surface area contributed by atoms with Crippen molar-refractivity contribution in [2.24, 2.45) is 22.7 Å². The second-order valence-corrected chi connectivity index (χ2v) is 9.30. The maximum atomic E-state index is 13.6. The molecule has 1 aromatic rings. The molecule has 3 heterocycles. The number of hydrogen-bond acceptors (Lipinski definition) is 8. The Morgan fingerprint density at radius 1 is 1.33 bits per heavy atom. The Morgan fingerprint density at radius 3 is 2.73 bits per heavy atom. The summed E-state index contributed by atoms with van der Waals surface area (Å²) in [7, 11) is 0. The largest absolute Gasteiger partial charge is 0.472 e. The molecule has 0 amide bonds. The van der Waals surface area contributed by atoms with Gasteiger partial charge in [0, 0.05) is 25.3 Å². The van der Waals surface area contributed by atoms with E-state index in [1.54, 1.807) is 12.3 Å². The molecule has 0 bridgehead atoms. The number of fused-ring (bicyclic) bond motifs is 3. The normalized spacial score (nSPS) is 44.8. The van der Waals surface area contributed by atoms with E-state index in [2.05, 4.69) is 0 Å². The minimum atomic E-state index is -1.26. The zero-order valence-corrected chi connectivity index (χ0v) is 17.1. The van der Waals surface area contributed by atoms with Gasteiger partial charge in [0.1, 0.15) is 29.5 Å². The highest BCUT2D eigenvalue weighted by Crippen LogP contribution is 2.69. The topological polar surface area (TPSA) is 116 Å². The predicted molar refractivity (Wildman–Crippen MR) is 99.9 cm³/mol. The fourth-order valence-corrected chi connectivity index (χ4v) is 6.56. The van der Waals surface area contributed by atoms with Crippen molar-refractivity contribution in [2.45, 2.75) is 57.3 Å². The molecule has 0 aromatic carbocycles. The molecule has 30 heavy (non-hydrogen) atoms. The zero-order valence-electron chi connectivity index (χ0n) is 17.1. The van der Waals surface area contributed by atoms with Gasteiger partial charge < -0.3 is 23.7 Å². The van der Waals surface area contributed by atoms with Gasteiger partial charge in [-0.25, -0.2) is 0 Å². The molecular weight excluding hydrogens is 392 g/mol. The van der Waals surface area contributed by atoms with Gasteiger partial charge in [-0.05, 0) is 30.7 Å². The Kier molecular flexibility index (Phi) is 4.22. The second kappa shape index (κ2) is 6.40. The minimum absolute atomic E-state index is 0.109. The van der Waals surface area contributed by atoms with E-state index < -0.39 is 40.5 Å². The number of rotatable bonds is 3. The van der Waals surface area contributed by atoms with E-state index in [-0.39, 0.29) is 37.3 Å². The Balaban J connectivity index is 1.62. The van der Waals surface area contributed by atoms with Crippen LogP contribution in [0.2, 0.25) is 0 Å². The van der Waals surface area contributed by atoms with E-state index in [1.807, 2.05) is 6.92 Å². The van der Waals surface area contributed by atoms with Crippen LogP contribution in [0.4, 0.5) is 0 Å². The molecule has 4 aliphatic rings. The molecule has 0 radical (unpaired) electrons. The zero-order chi connectivity index (χ0) is 21.3. The van der Waals surface area contributed by atoms with Crippen molar-refractivity contribution < 1.29 is 38.1 Å². The molecule has 2 aliphatic heterocycles. The van der Waals surface area contributed by atoms with Crippen molar-refractivity contribution >= 4 is 17.7 Å². The summed E-state index contributed by atoms with van der Waals surface area (Å²) in [6.07, 6.45) is 3.23. The van der Waals surface area contributed by atoms with E-state index >= 15 is 0 Å². The van der Waals surface area contributed by atoms with Gasteiger partial charge in [0.2, 0.25) is 0 Å². The summed E-state index contributed by atoms with van der Waals surface area (Å²) >= 11 is 0. The summed E-state index contributed by atoms with van der Waals surface area (Å²) in [5.74, 6) is -1.64. The molecule has 1 aromatic heterocycles. The minimum Gasteiger partial charge on any atom is -0.472 e. The van der Waals surface area contributed by atoms with Crippen LogP contribution in [0.5, 0.6) is 0 Å². The lowest BCUT2D eigenvalue weighted by Crippen LogP contribution is -2.69. The molecule has 162 valence electrons. The van der Waals surface area contributed by atoms with Gasteiger partial charge in [-0.2, -0.15) is 0 Å². The first-order chi connectivity index (χ1) is 14.3. The Labute approximate surface area is 173 Å². The van der Waals surface area contributed by atoms with E-state index in [0.29, 0.717) is 19.3 Å². The molecule has 8 nitrogen and oxygen atoms in total. The molecule has 7 atom stereocenters. The van der Waals surface area contributed by atoms with Crippen molar-refractivity contribution in [1.82, 2.24) is 0 Å². The summed E-state index contributed by atoms with van der Waals surface area (Å²) in [6.45, 7) is 3.22. The highest BCUT2D eigenvalue weighted by atomic mass is 16.6. The second-order valence-electron chi connectivity index (χ2n) is 9.30. The van der Waals surface area contributed by atoms with Crippen LogP contribution < -0.4 is 0 Å².